The summed E-state index contributed by atoms with van der Waals surface area (Å²) in [7, 11) is -4.50. The predicted molar refractivity (Wildman–Crippen MR) is 41.3 cm³/mol. The van der Waals surface area contributed by atoms with Crippen LogP contribution < -0.4 is 0 Å². The minimum absolute atomic E-state index is 1.08. The van der Waals surface area contributed by atoms with Crippen LogP contribution >= 0.6 is 34.8 Å². The zero-order chi connectivity index (χ0) is 8.58. The maximum atomic E-state index is 10.3. The molecule has 0 saturated carbocycles. The van der Waals surface area contributed by atoms with E-state index in [0.717, 1.165) is 0 Å². The van der Waals surface area contributed by atoms with Gasteiger partial charge in [-0.3, -0.25) is 4.55 Å². The standard InChI is InChI=1S/C3H5Cl3O3S/c1-2(4)3(5,6)10(7,8)9/h2H,1H3,(H,7,8,9). The van der Waals surface area contributed by atoms with Crippen LogP contribution in [0.2, 0.25) is 0 Å². The maximum Gasteiger partial charge on any atom is 0.300 e. The fraction of sp³-hybridized carbons (Fsp3) is 1.00. The number of hydrogen-bond donors (Lipinski definition) is 1. The lowest BCUT2D eigenvalue weighted by atomic mass is 10.5. The number of alkyl halides is 3. The maximum absolute atomic E-state index is 10.3. The van der Waals surface area contributed by atoms with Crippen LogP contribution in [0.25, 0.3) is 0 Å². The Morgan fingerprint density at radius 1 is 1.50 bits per heavy atom. The number of halogens is 3. The van der Waals surface area contributed by atoms with Gasteiger partial charge in [-0.25, -0.2) is 0 Å². The minimum atomic E-state index is -4.50. The van der Waals surface area contributed by atoms with E-state index >= 15 is 0 Å². The highest BCUT2D eigenvalue weighted by molar-refractivity contribution is 7.90. The van der Waals surface area contributed by atoms with E-state index in [2.05, 4.69) is 0 Å². The summed E-state index contributed by atoms with van der Waals surface area (Å²) >= 11 is 15.5. The third kappa shape index (κ3) is 2.13. The van der Waals surface area contributed by atoms with Gasteiger partial charge in [-0.1, -0.05) is 23.2 Å². The van der Waals surface area contributed by atoms with Gasteiger partial charge in [0.05, 0.1) is 5.38 Å². The lowest BCUT2D eigenvalue weighted by Crippen LogP contribution is -2.33. The molecule has 3 nitrogen and oxygen atoms in total. The van der Waals surface area contributed by atoms with Crippen LogP contribution in [0.5, 0.6) is 0 Å². The summed E-state index contributed by atoms with van der Waals surface area (Å²) in [4.78, 5) is 0. The summed E-state index contributed by atoms with van der Waals surface area (Å²) in [5.74, 6) is 0. The first-order valence-corrected chi connectivity index (χ1v) is 4.81. The SMILES string of the molecule is CC(Cl)C(Cl)(Cl)S(=O)(=O)O. The first kappa shape index (κ1) is 10.8. The van der Waals surface area contributed by atoms with Crippen LogP contribution in [0.4, 0.5) is 0 Å². The molecule has 0 aromatic rings. The molecule has 7 heteroatoms. The average Bonchev–Trinajstić information content (AvgIpc) is 1.62. The van der Waals surface area contributed by atoms with Crippen molar-refractivity contribution in [2.24, 2.45) is 0 Å². The molecule has 10 heavy (non-hydrogen) atoms. The largest absolute Gasteiger partial charge is 0.300 e. The Balaban J connectivity index is 4.76. The summed E-state index contributed by atoms with van der Waals surface area (Å²) in [6, 6.07) is 0. The first-order chi connectivity index (χ1) is 4.19. The highest BCUT2D eigenvalue weighted by atomic mass is 35.5. The molecule has 0 aromatic carbocycles. The van der Waals surface area contributed by atoms with E-state index in [0.29, 0.717) is 0 Å². The number of hydrogen-bond acceptors (Lipinski definition) is 2. The molecule has 1 atom stereocenters. The van der Waals surface area contributed by atoms with Crippen molar-refractivity contribution in [3.8, 4) is 0 Å². The van der Waals surface area contributed by atoms with Crippen LogP contribution in [-0.2, 0) is 10.1 Å². The lowest BCUT2D eigenvalue weighted by molar-refractivity contribution is 0.473. The van der Waals surface area contributed by atoms with Crippen molar-refractivity contribution in [2.75, 3.05) is 0 Å². The van der Waals surface area contributed by atoms with Gasteiger partial charge < -0.3 is 0 Å². The van der Waals surface area contributed by atoms with E-state index in [4.69, 9.17) is 39.4 Å². The van der Waals surface area contributed by atoms with Gasteiger partial charge in [-0.2, -0.15) is 8.42 Å². The van der Waals surface area contributed by atoms with E-state index in [9.17, 15) is 8.42 Å². The Morgan fingerprint density at radius 2 is 1.80 bits per heavy atom. The van der Waals surface area contributed by atoms with Crippen molar-refractivity contribution in [3.63, 3.8) is 0 Å². The quantitative estimate of drug-likeness (QED) is 0.576. The van der Waals surface area contributed by atoms with Crippen LogP contribution in [0.1, 0.15) is 6.92 Å². The lowest BCUT2D eigenvalue weighted by Gasteiger charge is -2.17. The second-order valence-electron chi connectivity index (χ2n) is 1.65. The fourth-order valence-electron chi connectivity index (χ4n) is 0.205. The van der Waals surface area contributed by atoms with E-state index < -0.39 is 19.2 Å². The Bertz CT molecular complexity index is 207. The van der Waals surface area contributed by atoms with Crippen LogP contribution in [0, 0.1) is 0 Å². The summed E-state index contributed by atoms with van der Waals surface area (Å²) < 4.78 is 26.6. The molecule has 0 amide bonds. The molecule has 1 unspecified atom stereocenters. The highest BCUT2D eigenvalue weighted by Crippen LogP contribution is 2.33. The first-order valence-electron chi connectivity index (χ1n) is 2.18. The van der Waals surface area contributed by atoms with Gasteiger partial charge in [0.1, 0.15) is 0 Å². The summed E-state index contributed by atoms with van der Waals surface area (Å²) in [6.45, 7) is 1.26. The van der Waals surface area contributed by atoms with Crippen LogP contribution in [0.15, 0.2) is 0 Å². The van der Waals surface area contributed by atoms with Crippen molar-refractivity contribution in [3.05, 3.63) is 0 Å². The van der Waals surface area contributed by atoms with E-state index in [1.807, 2.05) is 0 Å². The van der Waals surface area contributed by atoms with Gasteiger partial charge in [0, 0.05) is 0 Å². The molecule has 0 saturated heterocycles. The Hall–Kier alpha value is 0.780. The summed E-state index contributed by atoms with van der Waals surface area (Å²) in [5.41, 5.74) is 0. The normalized spacial score (nSPS) is 16.9. The topological polar surface area (TPSA) is 54.4 Å². The molecule has 62 valence electrons. The third-order valence-electron chi connectivity index (χ3n) is 0.807. The Morgan fingerprint density at radius 3 is 1.80 bits per heavy atom. The van der Waals surface area contributed by atoms with Crippen LogP contribution in [0.3, 0.4) is 0 Å². The molecule has 0 heterocycles. The van der Waals surface area contributed by atoms with E-state index in [-0.39, 0.29) is 0 Å². The molecule has 0 rings (SSSR count). The predicted octanol–water partition coefficient (Wildman–Crippen LogP) is 1.63. The highest BCUT2D eigenvalue weighted by Gasteiger charge is 2.43. The van der Waals surface area contributed by atoms with Gasteiger partial charge in [-0.15, -0.1) is 11.6 Å². The molecule has 0 aromatic heterocycles. The number of rotatable bonds is 2. The Labute approximate surface area is 74.0 Å². The molecular weight excluding hydrogens is 222 g/mol. The molecule has 0 aliphatic rings. The van der Waals surface area contributed by atoms with Crippen molar-refractivity contribution in [1.29, 1.82) is 0 Å². The van der Waals surface area contributed by atoms with Gasteiger partial charge >= 0.3 is 10.1 Å². The van der Waals surface area contributed by atoms with Crippen molar-refractivity contribution < 1.29 is 13.0 Å². The summed E-state index contributed by atoms with van der Waals surface area (Å²) in [5, 5.41) is -1.08. The second kappa shape index (κ2) is 3.03. The van der Waals surface area contributed by atoms with Gasteiger partial charge in [0.15, 0.2) is 0 Å². The summed E-state index contributed by atoms with van der Waals surface area (Å²) in [6.07, 6.45) is 0. The smallest absolute Gasteiger partial charge is 0.283 e. The molecular formula is C3H5Cl3O3S. The molecule has 1 N–H and O–H groups in total. The minimum Gasteiger partial charge on any atom is -0.283 e. The Kier molecular flexibility index (Phi) is 3.26. The van der Waals surface area contributed by atoms with E-state index in [1.54, 1.807) is 0 Å². The van der Waals surface area contributed by atoms with Crippen LogP contribution in [-0.4, -0.2) is 22.0 Å². The zero-order valence-electron chi connectivity index (χ0n) is 4.88. The molecule has 0 bridgehead atoms. The van der Waals surface area contributed by atoms with Crippen molar-refractivity contribution >= 4 is 44.9 Å². The fourth-order valence-corrected chi connectivity index (χ4v) is 0.953. The van der Waals surface area contributed by atoms with Gasteiger partial charge in [-0.05, 0) is 6.92 Å². The van der Waals surface area contributed by atoms with Gasteiger partial charge in [0.2, 0.25) is 0 Å². The molecule has 0 radical (unpaired) electrons. The van der Waals surface area contributed by atoms with Crippen molar-refractivity contribution in [1.82, 2.24) is 0 Å². The second-order valence-corrected chi connectivity index (χ2v) is 5.74. The van der Waals surface area contributed by atoms with Crippen molar-refractivity contribution in [2.45, 2.75) is 16.0 Å². The molecule has 0 fully saturated rings. The molecule has 0 aliphatic heterocycles. The van der Waals surface area contributed by atoms with E-state index in [1.165, 1.54) is 6.92 Å². The van der Waals surface area contributed by atoms with Gasteiger partial charge in [0.25, 0.3) is 3.67 Å². The molecule has 0 aliphatic carbocycles. The third-order valence-corrected chi connectivity index (χ3v) is 4.35. The monoisotopic (exact) mass is 226 g/mol. The zero-order valence-corrected chi connectivity index (χ0v) is 7.97. The molecule has 0 spiro atoms. The average molecular weight is 227 g/mol.